The Balaban J connectivity index is 1.75. The van der Waals surface area contributed by atoms with Gasteiger partial charge in [-0.1, -0.05) is 11.8 Å². The highest BCUT2D eigenvalue weighted by Gasteiger charge is 2.13. The van der Waals surface area contributed by atoms with Crippen LogP contribution >= 0.6 is 0 Å². The first-order valence-corrected chi connectivity index (χ1v) is 6.15. The molecule has 0 amide bonds. The van der Waals surface area contributed by atoms with Crippen LogP contribution in [0.25, 0.3) is 0 Å². The molecule has 17 heavy (non-hydrogen) atoms. The molecule has 1 atom stereocenters. The molecule has 2 rings (SSSR count). The van der Waals surface area contributed by atoms with Crippen molar-refractivity contribution < 1.29 is 0 Å². The first-order valence-electron chi connectivity index (χ1n) is 6.15. The summed E-state index contributed by atoms with van der Waals surface area (Å²) < 4.78 is 0. The Bertz CT molecular complexity index is 391. The summed E-state index contributed by atoms with van der Waals surface area (Å²) in [6, 6.07) is 4.62. The van der Waals surface area contributed by atoms with Gasteiger partial charge in [-0.05, 0) is 24.6 Å². The summed E-state index contributed by atoms with van der Waals surface area (Å²) in [6.45, 7) is 6.39. The van der Waals surface area contributed by atoms with Gasteiger partial charge in [0.25, 0.3) is 0 Å². The van der Waals surface area contributed by atoms with Crippen molar-refractivity contribution >= 4 is 0 Å². The van der Waals surface area contributed by atoms with Crippen LogP contribution < -0.4 is 5.32 Å². The van der Waals surface area contributed by atoms with Gasteiger partial charge in [-0.3, -0.25) is 9.88 Å². The Morgan fingerprint density at radius 3 is 3.00 bits per heavy atom. The third-order valence-corrected chi connectivity index (χ3v) is 2.92. The normalized spacial score (nSPS) is 20.6. The van der Waals surface area contributed by atoms with E-state index >= 15 is 0 Å². The highest BCUT2D eigenvalue weighted by atomic mass is 15.2. The van der Waals surface area contributed by atoms with Gasteiger partial charge in [0.15, 0.2) is 0 Å². The molecule has 90 valence electrons. The molecule has 1 aliphatic rings. The smallest absolute Gasteiger partial charge is 0.0602 e. The third-order valence-electron chi connectivity index (χ3n) is 2.92. The van der Waals surface area contributed by atoms with Crippen molar-refractivity contribution in [3.05, 3.63) is 30.1 Å². The first-order chi connectivity index (χ1) is 8.34. The number of rotatable bonds is 2. The van der Waals surface area contributed by atoms with Crippen LogP contribution in [-0.2, 0) is 6.42 Å². The molecule has 1 aromatic rings. The molecule has 1 unspecified atom stereocenters. The van der Waals surface area contributed by atoms with Crippen molar-refractivity contribution in [2.45, 2.75) is 19.4 Å². The van der Waals surface area contributed by atoms with Gasteiger partial charge in [-0.15, -0.1) is 0 Å². The fraction of sp³-hybridized carbons (Fsp3) is 0.500. The van der Waals surface area contributed by atoms with Gasteiger partial charge in [0.2, 0.25) is 0 Å². The molecule has 1 N–H and O–H groups in total. The van der Waals surface area contributed by atoms with E-state index in [0.717, 1.165) is 32.6 Å². The van der Waals surface area contributed by atoms with Crippen LogP contribution in [0.15, 0.2) is 24.5 Å². The standard InChI is InChI=1S/C14H19N3/c1-13-12-17(11-9-16-13)10-3-2-4-14-5-7-15-8-6-14/h5-8,13,16H,4,9-12H2,1H3. The predicted molar refractivity (Wildman–Crippen MR) is 69.6 cm³/mol. The quantitative estimate of drug-likeness (QED) is 0.764. The molecule has 1 aromatic heterocycles. The zero-order chi connectivity index (χ0) is 11.9. The zero-order valence-corrected chi connectivity index (χ0v) is 10.3. The van der Waals surface area contributed by atoms with Crippen LogP contribution in [0, 0.1) is 11.8 Å². The van der Waals surface area contributed by atoms with Crippen molar-refractivity contribution in [3.63, 3.8) is 0 Å². The minimum atomic E-state index is 0.589. The lowest BCUT2D eigenvalue weighted by Gasteiger charge is -2.30. The minimum absolute atomic E-state index is 0.589. The van der Waals surface area contributed by atoms with Crippen molar-refractivity contribution in [1.82, 2.24) is 15.2 Å². The van der Waals surface area contributed by atoms with Gasteiger partial charge in [0.1, 0.15) is 0 Å². The molecule has 2 heterocycles. The van der Waals surface area contributed by atoms with E-state index in [-0.39, 0.29) is 0 Å². The molecule has 0 aromatic carbocycles. The average molecular weight is 229 g/mol. The van der Waals surface area contributed by atoms with E-state index in [1.165, 1.54) is 5.56 Å². The molecule has 1 saturated heterocycles. The summed E-state index contributed by atoms with van der Waals surface area (Å²) in [5.74, 6) is 6.48. The lowest BCUT2D eigenvalue weighted by molar-refractivity contribution is 0.229. The second kappa shape index (κ2) is 6.39. The third kappa shape index (κ3) is 4.18. The van der Waals surface area contributed by atoms with Gasteiger partial charge < -0.3 is 5.32 Å². The van der Waals surface area contributed by atoms with E-state index in [0.29, 0.717) is 6.04 Å². The van der Waals surface area contributed by atoms with E-state index in [9.17, 15) is 0 Å². The molecular weight excluding hydrogens is 210 g/mol. The van der Waals surface area contributed by atoms with Crippen LogP contribution in [0.1, 0.15) is 12.5 Å². The summed E-state index contributed by atoms with van der Waals surface area (Å²) >= 11 is 0. The molecule has 3 heteroatoms. The molecule has 3 nitrogen and oxygen atoms in total. The summed E-state index contributed by atoms with van der Waals surface area (Å²) in [7, 11) is 0. The second-order valence-corrected chi connectivity index (χ2v) is 4.48. The van der Waals surface area contributed by atoms with Crippen molar-refractivity contribution in [2.24, 2.45) is 0 Å². The molecule has 0 bridgehead atoms. The van der Waals surface area contributed by atoms with Crippen molar-refractivity contribution in [1.29, 1.82) is 0 Å². The number of aromatic nitrogens is 1. The molecule has 0 radical (unpaired) electrons. The first kappa shape index (κ1) is 12.1. The van der Waals surface area contributed by atoms with E-state index < -0.39 is 0 Å². The summed E-state index contributed by atoms with van der Waals surface area (Å²) in [5, 5.41) is 3.43. The van der Waals surface area contributed by atoms with Gasteiger partial charge in [-0.25, -0.2) is 0 Å². The van der Waals surface area contributed by atoms with Crippen LogP contribution in [0.5, 0.6) is 0 Å². The fourth-order valence-corrected chi connectivity index (χ4v) is 1.99. The Hall–Kier alpha value is -1.37. The van der Waals surface area contributed by atoms with Gasteiger partial charge in [0.05, 0.1) is 6.54 Å². The maximum atomic E-state index is 3.99. The molecule has 0 spiro atoms. The monoisotopic (exact) mass is 229 g/mol. The number of pyridine rings is 1. The summed E-state index contributed by atoms with van der Waals surface area (Å²) in [4.78, 5) is 6.40. The maximum Gasteiger partial charge on any atom is 0.0602 e. The molecule has 1 aliphatic heterocycles. The summed E-state index contributed by atoms with van der Waals surface area (Å²) in [6.07, 6.45) is 4.45. The van der Waals surface area contributed by atoms with Gasteiger partial charge in [0, 0.05) is 44.5 Å². The van der Waals surface area contributed by atoms with Crippen LogP contribution in [0.4, 0.5) is 0 Å². The number of hydrogen-bond donors (Lipinski definition) is 1. The lowest BCUT2D eigenvalue weighted by atomic mass is 10.2. The SMILES string of the molecule is CC1CN(CC#CCc2ccncc2)CCN1. The Kier molecular flexibility index (Phi) is 4.54. The van der Waals surface area contributed by atoms with E-state index in [4.69, 9.17) is 0 Å². The largest absolute Gasteiger partial charge is 0.312 e. The van der Waals surface area contributed by atoms with Gasteiger partial charge >= 0.3 is 0 Å². The Morgan fingerprint density at radius 1 is 1.41 bits per heavy atom. The fourth-order valence-electron chi connectivity index (χ4n) is 1.99. The molecule has 0 saturated carbocycles. The molecule has 0 aliphatic carbocycles. The van der Waals surface area contributed by atoms with E-state index in [1.807, 2.05) is 24.5 Å². The summed E-state index contributed by atoms with van der Waals surface area (Å²) in [5.41, 5.74) is 1.24. The van der Waals surface area contributed by atoms with Crippen LogP contribution in [-0.4, -0.2) is 42.1 Å². The maximum absolute atomic E-state index is 3.99. The van der Waals surface area contributed by atoms with E-state index in [1.54, 1.807) is 0 Å². The number of piperazine rings is 1. The zero-order valence-electron chi connectivity index (χ0n) is 10.3. The lowest BCUT2D eigenvalue weighted by Crippen LogP contribution is -2.49. The minimum Gasteiger partial charge on any atom is -0.312 e. The van der Waals surface area contributed by atoms with Gasteiger partial charge in [-0.2, -0.15) is 0 Å². The van der Waals surface area contributed by atoms with Crippen molar-refractivity contribution in [2.75, 3.05) is 26.2 Å². The topological polar surface area (TPSA) is 28.2 Å². The highest BCUT2D eigenvalue weighted by molar-refractivity contribution is 5.18. The second-order valence-electron chi connectivity index (χ2n) is 4.48. The number of hydrogen-bond acceptors (Lipinski definition) is 3. The van der Waals surface area contributed by atoms with Crippen LogP contribution in [0.2, 0.25) is 0 Å². The Labute approximate surface area is 103 Å². The molecular formula is C14H19N3. The van der Waals surface area contributed by atoms with Crippen LogP contribution in [0.3, 0.4) is 0 Å². The molecule has 1 fully saturated rings. The predicted octanol–water partition coefficient (Wildman–Crippen LogP) is 0.921. The average Bonchev–Trinajstić information content (AvgIpc) is 2.36. The number of nitrogens with one attached hydrogen (secondary N) is 1. The highest BCUT2D eigenvalue weighted by Crippen LogP contribution is 1.98. The van der Waals surface area contributed by atoms with Crippen molar-refractivity contribution in [3.8, 4) is 11.8 Å². The van der Waals surface area contributed by atoms with E-state index in [2.05, 4.69) is 34.0 Å². The number of nitrogens with zero attached hydrogens (tertiary/aromatic N) is 2. The Morgan fingerprint density at radius 2 is 2.24 bits per heavy atom.